The van der Waals surface area contributed by atoms with Crippen molar-refractivity contribution in [3.63, 3.8) is 0 Å². The molecule has 4 rings (SSSR count). The maximum absolute atomic E-state index is 13.1. The molecule has 0 aliphatic carbocycles. The lowest BCUT2D eigenvalue weighted by Gasteiger charge is -2.30. The first-order chi connectivity index (χ1) is 13.6. The summed E-state index contributed by atoms with van der Waals surface area (Å²) in [6.45, 7) is 8.04. The zero-order valence-electron chi connectivity index (χ0n) is 16.4. The second-order valence-corrected chi connectivity index (χ2v) is 7.70. The second kappa shape index (κ2) is 7.98. The van der Waals surface area contributed by atoms with E-state index in [1.165, 1.54) is 0 Å². The van der Waals surface area contributed by atoms with Crippen LogP contribution in [0.3, 0.4) is 0 Å². The van der Waals surface area contributed by atoms with Gasteiger partial charge in [0.15, 0.2) is 5.69 Å². The van der Waals surface area contributed by atoms with Crippen molar-refractivity contribution in [1.82, 2.24) is 14.5 Å². The zero-order valence-corrected chi connectivity index (χ0v) is 16.4. The number of carbonyl (C=O) groups excluding carboxylic acids is 1. The van der Waals surface area contributed by atoms with Crippen LogP contribution in [0.1, 0.15) is 30.0 Å². The van der Waals surface area contributed by atoms with Crippen LogP contribution in [0.25, 0.3) is 11.4 Å². The molecule has 28 heavy (non-hydrogen) atoms. The van der Waals surface area contributed by atoms with Crippen molar-refractivity contribution >= 4 is 11.6 Å². The van der Waals surface area contributed by atoms with E-state index < -0.39 is 0 Å². The Kier molecular flexibility index (Phi) is 5.26. The van der Waals surface area contributed by atoms with Crippen LogP contribution in [-0.2, 0) is 13.1 Å². The van der Waals surface area contributed by atoms with E-state index in [4.69, 9.17) is 4.98 Å². The third-order valence-electron chi connectivity index (χ3n) is 4.99. The van der Waals surface area contributed by atoms with Gasteiger partial charge in [-0.2, -0.15) is 0 Å². The molecule has 1 N–H and O–H groups in total. The SMILES string of the molecule is CC(C)CN1CCn2c(-c3ccccc3)nc(C(=O)Nc3ccccc3)c2C1. The van der Waals surface area contributed by atoms with Crippen LogP contribution in [-0.4, -0.2) is 33.4 Å². The number of aromatic nitrogens is 2. The fraction of sp³-hybridized carbons (Fsp3) is 0.304. The summed E-state index contributed by atoms with van der Waals surface area (Å²) in [4.78, 5) is 20.3. The van der Waals surface area contributed by atoms with E-state index in [-0.39, 0.29) is 5.91 Å². The number of carbonyl (C=O) groups is 1. The highest BCUT2D eigenvalue weighted by atomic mass is 16.1. The Balaban J connectivity index is 1.71. The molecule has 0 fully saturated rings. The molecule has 0 saturated carbocycles. The minimum absolute atomic E-state index is 0.150. The van der Waals surface area contributed by atoms with Crippen LogP contribution in [0.2, 0.25) is 0 Å². The van der Waals surface area contributed by atoms with Gasteiger partial charge in [0.1, 0.15) is 5.82 Å². The summed E-state index contributed by atoms with van der Waals surface area (Å²) < 4.78 is 2.21. The fourth-order valence-electron chi connectivity index (χ4n) is 3.79. The van der Waals surface area contributed by atoms with Gasteiger partial charge in [0.25, 0.3) is 5.91 Å². The molecule has 1 aliphatic heterocycles. The molecule has 0 bridgehead atoms. The monoisotopic (exact) mass is 374 g/mol. The number of nitrogens with one attached hydrogen (secondary N) is 1. The van der Waals surface area contributed by atoms with Gasteiger partial charge in [-0.25, -0.2) is 4.98 Å². The molecular weight excluding hydrogens is 348 g/mol. The number of para-hydroxylation sites is 1. The third kappa shape index (κ3) is 3.85. The molecular formula is C23H26N4O. The molecule has 0 saturated heterocycles. The highest BCUT2D eigenvalue weighted by Crippen LogP contribution is 2.27. The van der Waals surface area contributed by atoms with Crippen LogP contribution in [0.15, 0.2) is 60.7 Å². The number of benzene rings is 2. The Morgan fingerprint density at radius 1 is 1.04 bits per heavy atom. The smallest absolute Gasteiger partial charge is 0.276 e. The van der Waals surface area contributed by atoms with Crippen molar-refractivity contribution in [2.24, 2.45) is 5.92 Å². The number of amides is 1. The minimum atomic E-state index is -0.150. The van der Waals surface area contributed by atoms with Gasteiger partial charge in [-0.05, 0) is 18.1 Å². The van der Waals surface area contributed by atoms with Gasteiger partial charge in [0, 0.05) is 37.4 Å². The van der Waals surface area contributed by atoms with E-state index in [1.807, 2.05) is 48.5 Å². The molecule has 1 amide bonds. The molecule has 0 radical (unpaired) electrons. The highest BCUT2D eigenvalue weighted by Gasteiger charge is 2.28. The maximum Gasteiger partial charge on any atom is 0.276 e. The van der Waals surface area contributed by atoms with Crippen LogP contribution >= 0.6 is 0 Å². The summed E-state index contributed by atoms with van der Waals surface area (Å²) >= 11 is 0. The predicted octanol–water partition coefficient (Wildman–Crippen LogP) is 4.27. The predicted molar refractivity (Wildman–Crippen MR) is 112 cm³/mol. The average molecular weight is 374 g/mol. The molecule has 0 spiro atoms. The average Bonchev–Trinajstić information content (AvgIpc) is 3.08. The molecule has 5 heteroatoms. The summed E-state index contributed by atoms with van der Waals surface area (Å²) in [7, 11) is 0. The Labute approximate surface area is 166 Å². The summed E-state index contributed by atoms with van der Waals surface area (Å²) in [6.07, 6.45) is 0. The zero-order chi connectivity index (χ0) is 19.5. The minimum Gasteiger partial charge on any atom is -0.325 e. The van der Waals surface area contributed by atoms with Gasteiger partial charge in [0.05, 0.1) is 5.69 Å². The molecule has 144 valence electrons. The highest BCUT2D eigenvalue weighted by molar-refractivity contribution is 6.04. The van der Waals surface area contributed by atoms with Crippen molar-refractivity contribution in [3.8, 4) is 11.4 Å². The number of rotatable bonds is 5. The fourth-order valence-corrected chi connectivity index (χ4v) is 3.79. The molecule has 2 heterocycles. The first-order valence-electron chi connectivity index (χ1n) is 9.85. The lowest BCUT2D eigenvalue weighted by molar-refractivity contribution is 0.101. The van der Waals surface area contributed by atoms with E-state index in [9.17, 15) is 4.79 Å². The third-order valence-corrected chi connectivity index (χ3v) is 4.99. The summed E-state index contributed by atoms with van der Waals surface area (Å²) in [5.41, 5.74) is 3.35. The Bertz CT molecular complexity index is 947. The van der Waals surface area contributed by atoms with Gasteiger partial charge in [0.2, 0.25) is 0 Å². The molecule has 0 unspecified atom stereocenters. The van der Waals surface area contributed by atoms with Crippen molar-refractivity contribution in [3.05, 3.63) is 72.1 Å². The van der Waals surface area contributed by atoms with Gasteiger partial charge >= 0.3 is 0 Å². The standard InChI is InChI=1S/C23H26N4O/c1-17(2)15-26-13-14-27-20(16-26)21(23(28)24-19-11-7-4-8-12-19)25-22(27)18-9-5-3-6-10-18/h3-12,17H,13-16H2,1-2H3,(H,24,28). The van der Waals surface area contributed by atoms with E-state index >= 15 is 0 Å². The molecule has 1 aromatic heterocycles. The van der Waals surface area contributed by atoms with E-state index in [2.05, 4.69) is 40.8 Å². The number of nitrogens with zero attached hydrogens (tertiary/aromatic N) is 3. The normalized spacial score (nSPS) is 14.1. The molecule has 5 nitrogen and oxygen atoms in total. The van der Waals surface area contributed by atoms with Crippen LogP contribution in [0.5, 0.6) is 0 Å². The first-order valence-corrected chi connectivity index (χ1v) is 9.85. The van der Waals surface area contributed by atoms with Gasteiger partial charge in [-0.15, -0.1) is 0 Å². The Morgan fingerprint density at radius 2 is 1.71 bits per heavy atom. The van der Waals surface area contributed by atoms with Crippen LogP contribution in [0.4, 0.5) is 5.69 Å². The van der Waals surface area contributed by atoms with Crippen molar-refractivity contribution < 1.29 is 4.79 Å². The number of imidazole rings is 1. The molecule has 3 aromatic rings. The maximum atomic E-state index is 13.1. The lowest BCUT2D eigenvalue weighted by atomic mass is 10.1. The summed E-state index contributed by atoms with van der Waals surface area (Å²) in [6, 6.07) is 19.7. The number of anilines is 1. The van der Waals surface area contributed by atoms with E-state index in [0.717, 1.165) is 48.9 Å². The lowest BCUT2D eigenvalue weighted by Crippen LogP contribution is -2.36. The van der Waals surface area contributed by atoms with Crippen molar-refractivity contribution in [2.75, 3.05) is 18.4 Å². The van der Waals surface area contributed by atoms with Gasteiger partial charge in [-0.3, -0.25) is 9.69 Å². The van der Waals surface area contributed by atoms with Crippen molar-refractivity contribution in [1.29, 1.82) is 0 Å². The summed E-state index contributed by atoms with van der Waals surface area (Å²) in [5.74, 6) is 1.31. The van der Waals surface area contributed by atoms with E-state index in [0.29, 0.717) is 11.6 Å². The van der Waals surface area contributed by atoms with E-state index in [1.54, 1.807) is 0 Å². The van der Waals surface area contributed by atoms with Crippen LogP contribution in [0, 0.1) is 5.92 Å². The summed E-state index contributed by atoms with van der Waals surface area (Å²) in [5, 5.41) is 3.00. The molecule has 0 atom stereocenters. The first kappa shape index (κ1) is 18.4. The van der Waals surface area contributed by atoms with Crippen molar-refractivity contribution in [2.45, 2.75) is 26.9 Å². The van der Waals surface area contributed by atoms with Gasteiger partial charge in [-0.1, -0.05) is 62.4 Å². The topological polar surface area (TPSA) is 50.2 Å². The number of fused-ring (bicyclic) bond motifs is 1. The Hall–Kier alpha value is -2.92. The molecule has 2 aromatic carbocycles. The quantitative estimate of drug-likeness (QED) is 0.725. The molecule has 1 aliphatic rings. The number of hydrogen-bond donors (Lipinski definition) is 1. The largest absolute Gasteiger partial charge is 0.325 e. The van der Waals surface area contributed by atoms with Crippen LogP contribution < -0.4 is 5.32 Å². The second-order valence-electron chi connectivity index (χ2n) is 7.70. The Morgan fingerprint density at radius 3 is 2.39 bits per heavy atom. The number of hydrogen-bond acceptors (Lipinski definition) is 3. The van der Waals surface area contributed by atoms with Gasteiger partial charge < -0.3 is 9.88 Å².